The van der Waals surface area contributed by atoms with Crippen LogP contribution in [0.2, 0.25) is 0 Å². The highest BCUT2D eigenvalue weighted by molar-refractivity contribution is 5.95. The van der Waals surface area contributed by atoms with Crippen LogP contribution in [0.25, 0.3) is 0 Å². The van der Waals surface area contributed by atoms with Crippen molar-refractivity contribution < 1.29 is 4.79 Å². The van der Waals surface area contributed by atoms with Crippen molar-refractivity contribution in [2.75, 3.05) is 43.0 Å². The maximum Gasteiger partial charge on any atom is 0.226 e. The van der Waals surface area contributed by atoms with E-state index in [1.165, 1.54) is 11.3 Å². The molecule has 2 aliphatic heterocycles. The molecule has 1 amide bonds. The fourth-order valence-electron chi connectivity index (χ4n) is 3.05. The van der Waals surface area contributed by atoms with E-state index in [4.69, 9.17) is 0 Å². The zero-order valence-electron chi connectivity index (χ0n) is 11.5. The molecule has 1 fully saturated rings. The van der Waals surface area contributed by atoms with E-state index in [9.17, 15) is 4.79 Å². The number of fused-ring (bicyclic) bond motifs is 1. The largest absolute Gasteiger partial charge is 0.369 e. The van der Waals surface area contributed by atoms with Gasteiger partial charge in [-0.15, -0.1) is 0 Å². The van der Waals surface area contributed by atoms with Crippen LogP contribution in [0.3, 0.4) is 0 Å². The van der Waals surface area contributed by atoms with Crippen molar-refractivity contribution in [3.05, 3.63) is 23.8 Å². The molecular formula is C15H21N3O. The maximum atomic E-state index is 12.0. The molecule has 0 aliphatic carbocycles. The van der Waals surface area contributed by atoms with E-state index in [0.29, 0.717) is 6.42 Å². The number of carbonyl (C=O) groups excluding carboxylic acids is 1. The molecule has 1 N–H and O–H groups in total. The minimum absolute atomic E-state index is 0.233. The third-order valence-corrected chi connectivity index (χ3v) is 4.14. The summed E-state index contributed by atoms with van der Waals surface area (Å²) < 4.78 is 0. The van der Waals surface area contributed by atoms with Crippen LogP contribution in [-0.4, -0.2) is 39.1 Å². The van der Waals surface area contributed by atoms with Gasteiger partial charge in [-0.3, -0.25) is 4.79 Å². The number of hydrogen-bond acceptors (Lipinski definition) is 3. The van der Waals surface area contributed by atoms with Crippen LogP contribution < -0.4 is 15.1 Å². The van der Waals surface area contributed by atoms with Crippen molar-refractivity contribution in [1.29, 1.82) is 0 Å². The van der Waals surface area contributed by atoms with Crippen LogP contribution in [-0.2, 0) is 11.2 Å². The van der Waals surface area contributed by atoms with Gasteiger partial charge in [0.15, 0.2) is 0 Å². The van der Waals surface area contributed by atoms with Crippen molar-refractivity contribution in [2.45, 2.75) is 19.3 Å². The van der Waals surface area contributed by atoms with Gasteiger partial charge >= 0.3 is 0 Å². The average molecular weight is 259 g/mol. The van der Waals surface area contributed by atoms with Gasteiger partial charge in [0.1, 0.15) is 0 Å². The Morgan fingerprint density at radius 2 is 1.84 bits per heavy atom. The SMILES string of the molecule is CN1C(=O)CCCc2c(N3CCNCC3)cccc21. The molecule has 0 bridgehead atoms. The zero-order chi connectivity index (χ0) is 13.2. The second kappa shape index (κ2) is 5.21. The molecule has 2 aliphatic rings. The van der Waals surface area contributed by atoms with Gasteiger partial charge < -0.3 is 15.1 Å². The first-order chi connectivity index (χ1) is 9.27. The zero-order valence-corrected chi connectivity index (χ0v) is 11.5. The van der Waals surface area contributed by atoms with Crippen molar-refractivity contribution in [3.8, 4) is 0 Å². The number of rotatable bonds is 1. The molecule has 0 radical (unpaired) electrons. The predicted octanol–water partition coefficient (Wildman–Crippen LogP) is 1.40. The number of amides is 1. The molecule has 1 aromatic rings. The van der Waals surface area contributed by atoms with Gasteiger partial charge in [-0.1, -0.05) is 6.07 Å². The molecule has 1 saturated heterocycles. The number of anilines is 2. The quantitative estimate of drug-likeness (QED) is 0.828. The van der Waals surface area contributed by atoms with Crippen LogP contribution in [0.15, 0.2) is 18.2 Å². The molecular weight excluding hydrogens is 238 g/mol. The molecule has 2 heterocycles. The Morgan fingerprint density at radius 1 is 1.11 bits per heavy atom. The van der Waals surface area contributed by atoms with Gasteiger partial charge in [-0.05, 0) is 30.5 Å². The van der Waals surface area contributed by atoms with E-state index >= 15 is 0 Å². The Kier molecular flexibility index (Phi) is 3.42. The van der Waals surface area contributed by atoms with Crippen molar-refractivity contribution in [3.63, 3.8) is 0 Å². The van der Waals surface area contributed by atoms with E-state index in [-0.39, 0.29) is 5.91 Å². The number of nitrogens with one attached hydrogen (secondary N) is 1. The molecule has 0 saturated carbocycles. The minimum atomic E-state index is 0.233. The van der Waals surface area contributed by atoms with Crippen molar-refractivity contribution in [1.82, 2.24) is 5.32 Å². The van der Waals surface area contributed by atoms with Crippen LogP contribution in [0.5, 0.6) is 0 Å². The minimum Gasteiger partial charge on any atom is -0.369 e. The third kappa shape index (κ3) is 2.32. The summed E-state index contributed by atoms with van der Waals surface area (Å²) in [7, 11) is 1.90. The lowest BCUT2D eigenvalue weighted by Crippen LogP contribution is -2.44. The highest BCUT2D eigenvalue weighted by atomic mass is 16.2. The second-order valence-electron chi connectivity index (χ2n) is 5.32. The smallest absolute Gasteiger partial charge is 0.226 e. The highest BCUT2D eigenvalue weighted by Gasteiger charge is 2.23. The average Bonchev–Trinajstić information content (AvgIpc) is 2.60. The Bertz CT molecular complexity index is 480. The predicted molar refractivity (Wildman–Crippen MR) is 77.9 cm³/mol. The summed E-state index contributed by atoms with van der Waals surface area (Å²) in [6, 6.07) is 6.35. The summed E-state index contributed by atoms with van der Waals surface area (Å²) in [5.74, 6) is 0.233. The second-order valence-corrected chi connectivity index (χ2v) is 5.32. The molecule has 0 unspecified atom stereocenters. The first-order valence-corrected chi connectivity index (χ1v) is 7.11. The molecule has 4 heteroatoms. The van der Waals surface area contributed by atoms with Crippen LogP contribution >= 0.6 is 0 Å². The van der Waals surface area contributed by atoms with Gasteiger partial charge in [-0.2, -0.15) is 0 Å². The topological polar surface area (TPSA) is 35.6 Å². The number of carbonyl (C=O) groups is 1. The molecule has 3 rings (SSSR count). The Hall–Kier alpha value is -1.55. The van der Waals surface area contributed by atoms with Gasteiger partial charge in [0, 0.05) is 51.0 Å². The molecule has 102 valence electrons. The molecule has 4 nitrogen and oxygen atoms in total. The molecule has 1 aromatic carbocycles. The summed E-state index contributed by atoms with van der Waals surface area (Å²) in [5.41, 5.74) is 3.76. The summed E-state index contributed by atoms with van der Waals surface area (Å²) >= 11 is 0. The summed E-state index contributed by atoms with van der Waals surface area (Å²) in [4.78, 5) is 16.2. The van der Waals surface area contributed by atoms with E-state index in [2.05, 4.69) is 28.4 Å². The van der Waals surface area contributed by atoms with E-state index in [0.717, 1.165) is 44.7 Å². The van der Waals surface area contributed by atoms with Crippen LogP contribution in [0, 0.1) is 0 Å². The number of benzene rings is 1. The fraction of sp³-hybridized carbons (Fsp3) is 0.533. The van der Waals surface area contributed by atoms with E-state index < -0.39 is 0 Å². The normalized spacial score (nSPS) is 20.2. The lowest BCUT2D eigenvalue weighted by atomic mass is 10.0. The van der Waals surface area contributed by atoms with Crippen LogP contribution in [0.4, 0.5) is 11.4 Å². The van der Waals surface area contributed by atoms with Crippen LogP contribution in [0.1, 0.15) is 18.4 Å². The molecule has 0 aromatic heterocycles. The molecule has 0 atom stereocenters. The fourth-order valence-corrected chi connectivity index (χ4v) is 3.05. The summed E-state index contributed by atoms with van der Waals surface area (Å²) in [5, 5.41) is 3.39. The third-order valence-electron chi connectivity index (χ3n) is 4.14. The lowest BCUT2D eigenvalue weighted by Gasteiger charge is -2.32. The Morgan fingerprint density at radius 3 is 2.63 bits per heavy atom. The Labute approximate surface area is 114 Å². The van der Waals surface area contributed by atoms with Gasteiger partial charge in [0.2, 0.25) is 5.91 Å². The first-order valence-electron chi connectivity index (χ1n) is 7.11. The standard InChI is InChI=1S/C15H21N3O/c1-17-13-5-3-6-14(18-10-8-16-9-11-18)12(13)4-2-7-15(17)19/h3,5-6,16H,2,4,7-11H2,1H3. The Balaban J connectivity index is 2.00. The number of piperazine rings is 1. The van der Waals surface area contributed by atoms with E-state index in [1.54, 1.807) is 0 Å². The monoisotopic (exact) mass is 259 g/mol. The first kappa shape index (κ1) is 12.5. The lowest BCUT2D eigenvalue weighted by molar-refractivity contribution is -0.118. The number of hydrogen-bond donors (Lipinski definition) is 1. The molecule has 0 spiro atoms. The maximum absolute atomic E-state index is 12.0. The van der Waals surface area contributed by atoms with Crippen molar-refractivity contribution in [2.24, 2.45) is 0 Å². The summed E-state index contributed by atoms with van der Waals surface area (Å²) in [6.07, 6.45) is 2.62. The highest BCUT2D eigenvalue weighted by Crippen LogP contribution is 2.33. The van der Waals surface area contributed by atoms with Gasteiger partial charge in [-0.25, -0.2) is 0 Å². The van der Waals surface area contributed by atoms with Gasteiger partial charge in [0.05, 0.1) is 0 Å². The van der Waals surface area contributed by atoms with Crippen molar-refractivity contribution >= 4 is 17.3 Å². The number of nitrogens with zero attached hydrogens (tertiary/aromatic N) is 2. The summed E-state index contributed by atoms with van der Waals surface area (Å²) in [6.45, 7) is 4.18. The van der Waals surface area contributed by atoms with Gasteiger partial charge in [0.25, 0.3) is 0 Å². The van der Waals surface area contributed by atoms with E-state index in [1.807, 2.05) is 11.9 Å². The molecule has 19 heavy (non-hydrogen) atoms.